The van der Waals surface area contributed by atoms with E-state index >= 15 is 0 Å². The molecule has 0 saturated heterocycles. The van der Waals surface area contributed by atoms with Crippen molar-refractivity contribution in [1.82, 2.24) is 15.3 Å². The number of carbonyl (C=O) groups excluding carboxylic acids is 3. The van der Waals surface area contributed by atoms with E-state index in [2.05, 4.69) is 15.3 Å². The van der Waals surface area contributed by atoms with Crippen molar-refractivity contribution in [3.05, 3.63) is 77.1 Å². The van der Waals surface area contributed by atoms with Crippen molar-refractivity contribution in [1.29, 1.82) is 0 Å². The predicted octanol–water partition coefficient (Wildman–Crippen LogP) is 4.37. The molecule has 182 valence electrons. The number of benzene rings is 2. The van der Waals surface area contributed by atoms with Crippen molar-refractivity contribution < 1.29 is 23.5 Å². The van der Waals surface area contributed by atoms with Crippen LogP contribution in [0.2, 0.25) is 5.02 Å². The Balaban J connectivity index is 1.32. The summed E-state index contributed by atoms with van der Waals surface area (Å²) in [6, 6.07) is 12.3. The van der Waals surface area contributed by atoms with E-state index in [1.165, 1.54) is 29.4 Å². The van der Waals surface area contributed by atoms with Crippen LogP contribution in [0.25, 0.3) is 0 Å². The van der Waals surface area contributed by atoms with Gasteiger partial charge in [-0.2, -0.15) is 0 Å². The highest BCUT2D eigenvalue weighted by molar-refractivity contribution is 6.33. The Morgan fingerprint density at radius 3 is 2.51 bits per heavy atom. The molecule has 0 bridgehead atoms. The van der Waals surface area contributed by atoms with E-state index in [4.69, 9.17) is 16.3 Å². The molecule has 0 unspecified atom stereocenters. The molecule has 0 atom stereocenters. The van der Waals surface area contributed by atoms with Gasteiger partial charge in [0.1, 0.15) is 17.3 Å². The van der Waals surface area contributed by atoms with Gasteiger partial charge in [0.2, 0.25) is 5.91 Å². The van der Waals surface area contributed by atoms with Crippen LogP contribution in [0.1, 0.15) is 46.7 Å². The highest BCUT2D eigenvalue weighted by Crippen LogP contribution is 2.31. The van der Waals surface area contributed by atoms with Crippen LogP contribution in [0, 0.1) is 11.7 Å². The van der Waals surface area contributed by atoms with Crippen molar-refractivity contribution in [2.24, 2.45) is 5.92 Å². The van der Waals surface area contributed by atoms with Gasteiger partial charge in [-0.25, -0.2) is 14.2 Å². The van der Waals surface area contributed by atoms with Gasteiger partial charge in [0.15, 0.2) is 5.69 Å². The number of imidazole rings is 1. The van der Waals surface area contributed by atoms with Gasteiger partial charge >= 0.3 is 5.97 Å². The number of carbonyl (C=O) groups is 3. The first-order valence-electron chi connectivity index (χ1n) is 11.2. The zero-order valence-electron chi connectivity index (χ0n) is 19.0. The summed E-state index contributed by atoms with van der Waals surface area (Å²) < 4.78 is 18.6. The van der Waals surface area contributed by atoms with Crippen LogP contribution in [0.5, 0.6) is 5.75 Å². The second-order valence-corrected chi connectivity index (χ2v) is 8.75. The number of rotatable bonds is 6. The largest absolute Gasteiger partial charge is 0.422 e. The SMILES string of the molecule is CN(C(=O)C1CCC(NC(=O)c2[nH]cnc2C(=O)Oc2ccccc2)CC1)c1ccc(F)cc1Cl. The maximum Gasteiger partial charge on any atom is 0.364 e. The average molecular weight is 499 g/mol. The average Bonchev–Trinajstić information content (AvgIpc) is 3.35. The minimum Gasteiger partial charge on any atom is -0.422 e. The molecule has 35 heavy (non-hydrogen) atoms. The molecule has 1 aliphatic rings. The van der Waals surface area contributed by atoms with E-state index in [1.807, 2.05) is 0 Å². The van der Waals surface area contributed by atoms with Gasteiger partial charge in [-0.15, -0.1) is 0 Å². The van der Waals surface area contributed by atoms with Gasteiger partial charge in [-0.3, -0.25) is 9.59 Å². The van der Waals surface area contributed by atoms with Gasteiger partial charge in [0, 0.05) is 19.0 Å². The molecule has 0 radical (unpaired) electrons. The number of nitrogens with zero attached hydrogens (tertiary/aromatic N) is 2. The molecule has 3 aromatic rings. The third-order valence-corrected chi connectivity index (χ3v) is 6.33. The lowest BCUT2D eigenvalue weighted by molar-refractivity contribution is -0.123. The molecule has 1 heterocycles. The van der Waals surface area contributed by atoms with E-state index < -0.39 is 17.7 Å². The summed E-state index contributed by atoms with van der Waals surface area (Å²) in [6.45, 7) is 0. The Labute approximate surface area is 206 Å². The zero-order chi connectivity index (χ0) is 24.9. The fourth-order valence-corrected chi connectivity index (χ4v) is 4.45. The number of hydrogen-bond donors (Lipinski definition) is 2. The monoisotopic (exact) mass is 498 g/mol. The van der Waals surface area contributed by atoms with E-state index in [0.717, 1.165) is 0 Å². The Hall–Kier alpha value is -3.72. The molecular formula is C25H24ClFN4O4. The standard InChI is InChI=1S/C25H24ClFN4O4/c1-31(20-12-9-16(27)13-19(20)26)24(33)15-7-10-17(11-8-15)30-23(32)21-22(29-14-28-21)25(34)35-18-5-3-2-4-6-18/h2-6,9,12-15,17H,7-8,10-11H2,1H3,(H,28,29)(H,30,32). The minimum atomic E-state index is -0.737. The second kappa shape index (κ2) is 10.7. The number of esters is 1. The number of aromatic amines is 1. The molecule has 1 fully saturated rings. The van der Waals surface area contributed by atoms with Crippen LogP contribution in [0.3, 0.4) is 0 Å². The number of halogens is 2. The van der Waals surface area contributed by atoms with Crippen LogP contribution in [-0.4, -0.2) is 40.8 Å². The van der Waals surface area contributed by atoms with Gasteiger partial charge < -0.3 is 19.9 Å². The number of amides is 2. The molecule has 0 aliphatic heterocycles. The number of anilines is 1. The van der Waals surface area contributed by atoms with Crippen molar-refractivity contribution in [3.63, 3.8) is 0 Å². The molecule has 1 saturated carbocycles. The summed E-state index contributed by atoms with van der Waals surface area (Å²) in [5.74, 6) is -1.67. The minimum absolute atomic E-state index is 0.0230. The Kier molecular flexibility index (Phi) is 7.45. The maximum absolute atomic E-state index is 13.3. The first kappa shape index (κ1) is 24.4. The topological polar surface area (TPSA) is 104 Å². The summed E-state index contributed by atoms with van der Waals surface area (Å²) in [5.41, 5.74) is 0.366. The van der Waals surface area contributed by atoms with E-state index in [0.29, 0.717) is 37.1 Å². The summed E-state index contributed by atoms with van der Waals surface area (Å²) in [4.78, 5) is 46.3. The highest BCUT2D eigenvalue weighted by Gasteiger charge is 2.31. The normalized spacial score (nSPS) is 17.5. The summed E-state index contributed by atoms with van der Waals surface area (Å²) >= 11 is 6.09. The number of aromatic nitrogens is 2. The number of ether oxygens (including phenoxy) is 1. The third-order valence-electron chi connectivity index (χ3n) is 6.03. The van der Waals surface area contributed by atoms with E-state index in [1.54, 1.807) is 37.4 Å². The Morgan fingerprint density at radius 2 is 1.83 bits per heavy atom. The maximum atomic E-state index is 13.3. The van der Waals surface area contributed by atoms with Crippen molar-refractivity contribution in [3.8, 4) is 5.75 Å². The second-order valence-electron chi connectivity index (χ2n) is 8.34. The lowest BCUT2D eigenvalue weighted by atomic mass is 9.85. The zero-order valence-corrected chi connectivity index (χ0v) is 19.7. The number of nitrogens with one attached hydrogen (secondary N) is 2. The third kappa shape index (κ3) is 5.68. The molecule has 2 N–H and O–H groups in total. The van der Waals surface area contributed by atoms with Gasteiger partial charge in [0.05, 0.1) is 17.0 Å². The first-order valence-corrected chi connectivity index (χ1v) is 11.6. The predicted molar refractivity (Wildman–Crippen MR) is 128 cm³/mol. The molecule has 2 amide bonds. The van der Waals surface area contributed by atoms with Gasteiger partial charge in [0.25, 0.3) is 5.91 Å². The quantitative estimate of drug-likeness (QED) is 0.388. The lowest BCUT2D eigenvalue weighted by Crippen LogP contribution is -2.42. The fourth-order valence-electron chi connectivity index (χ4n) is 4.15. The molecule has 10 heteroatoms. The van der Waals surface area contributed by atoms with Crippen LogP contribution >= 0.6 is 11.6 Å². The molecule has 0 spiro atoms. The van der Waals surface area contributed by atoms with Gasteiger partial charge in [-0.05, 0) is 56.0 Å². The van der Waals surface area contributed by atoms with Crippen molar-refractivity contribution in [2.45, 2.75) is 31.7 Å². The molecule has 4 rings (SSSR count). The van der Waals surface area contributed by atoms with Crippen molar-refractivity contribution >= 4 is 35.1 Å². The molecule has 2 aromatic carbocycles. The van der Waals surface area contributed by atoms with Crippen molar-refractivity contribution in [2.75, 3.05) is 11.9 Å². The molecule has 1 aromatic heterocycles. The first-order chi connectivity index (χ1) is 16.8. The smallest absolute Gasteiger partial charge is 0.364 e. The summed E-state index contributed by atoms with van der Waals surface area (Å²) in [7, 11) is 1.61. The number of para-hydroxylation sites is 1. The summed E-state index contributed by atoms with van der Waals surface area (Å²) in [6.07, 6.45) is 3.58. The van der Waals surface area contributed by atoms with Crippen LogP contribution in [-0.2, 0) is 4.79 Å². The Morgan fingerprint density at radius 1 is 1.11 bits per heavy atom. The Bertz CT molecular complexity index is 1230. The number of hydrogen-bond acceptors (Lipinski definition) is 5. The van der Waals surface area contributed by atoms with Crippen LogP contribution in [0.4, 0.5) is 10.1 Å². The van der Waals surface area contributed by atoms with Crippen LogP contribution in [0.15, 0.2) is 54.9 Å². The number of H-pyrrole nitrogens is 1. The van der Waals surface area contributed by atoms with E-state index in [-0.39, 0.29) is 34.3 Å². The van der Waals surface area contributed by atoms with Crippen LogP contribution < -0.4 is 15.0 Å². The molecule has 8 nitrogen and oxygen atoms in total. The highest BCUT2D eigenvalue weighted by atomic mass is 35.5. The molecular weight excluding hydrogens is 475 g/mol. The fraction of sp³-hybridized carbons (Fsp3) is 0.280. The molecule has 1 aliphatic carbocycles. The summed E-state index contributed by atoms with van der Waals surface area (Å²) in [5, 5.41) is 3.08. The van der Waals surface area contributed by atoms with E-state index in [9.17, 15) is 18.8 Å². The van der Waals surface area contributed by atoms with Gasteiger partial charge in [-0.1, -0.05) is 29.8 Å². The lowest BCUT2D eigenvalue weighted by Gasteiger charge is -2.31.